The van der Waals surface area contributed by atoms with Crippen LogP contribution in [0.5, 0.6) is 0 Å². The summed E-state index contributed by atoms with van der Waals surface area (Å²) in [5, 5.41) is 16.8. The van der Waals surface area contributed by atoms with Crippen molar-refractivity contribution in [2.24, 2.45) is 0 Å². The lowest BCUT2D eigenvalue weighted by Crippen LogP contribution is -2.38. The third-order valence-corrected chi connectivity index (χ3v) is 4.07. The van der Waals surface area contributed by atoms with Crippen LogP contribution in [-0.2, 0) is 9.59 Å². The van der Waals surface area contributed by atoms with E-state index in [4.69, 9.17) is 0 Å². The van der Waals surface area contributed by atoms with Crippen molar-refractivity contribution >= 4 is 23.2 Å². The first-order valence-electron chi connectivity index (χ1n) is 8.69. The minimum Gasteiger partial charge on any atom is -0.376 e. The van der Waals surface area contributed by atoms with Gasteiger partial charge in [-0.1, -0.05) is 17.7 Å². The summed E-state index contributed by atoms with van der Waals surface area (Å²) < 4.78 is 1.54. The number of benzene rings is 2. The van der Waals surface area contributed by atoms with Gasteiger partial charge < -0.3 is 15.5 Å². The van der Waals surface area contributed by atoms with Crippen molar-refractivity contribution in [1.82, 2.24) is 25.1 Å². The Morgan fingerprint density at radius 3 is 2.36 bits per heavy atom. The molecule has 2 aromatic carbocycles. The zero-order chi connectivity index (χ0) is 19.9. The Morgan fingerprint density at radius 1 is 1.04 bits per heavy atom. The molecule has 0 saturated carbocycles. The van der Waals surface area contributed by atoms with Crippen molar-refractivity contribution < 1.29 is 9.59 Å². The number of aromatic nitrogens is 4. The number of rotatable bonds is 7. The smallest absolute Gasteiger partial charge is 0.243 e. The van der Waals surface area contributed by atoms with E-state index >= 15 is 0 Å². The number of aryl methyl sites for hydroxylation is 1. The van der Waals surface area contributed by atoms with Crippen LogP contribution < -0.4 is 10.6 Å². The molecule has 0 aliphatic rings. The van der Waals surface area contributed by atoms with E-state index in [0.29, 0.717) is 5.69 Å². The molecule has 28 heavy (non-hydrogen) atoms. The van der Waals surface area contributed by atoms with Crippen LogP contribution in [0.4, 0.5) is 11.4 Å². The molecular weight excluding hydrogens is 358 g/mol. The molecule has 3 aromatic rings. The first-order chi connectivity index (χ1) is 13.5. The predicted octanol–water partition coefficient (Wildman–Crippen LogP) is 1.48. The van der Waals surface area contributed by atoms with E-state index in [2.05, 4.69) is 26.2 Å². The topological polar surface area (TPSA) is 105 Å². The third kappa shape index (κ3) is 5.13. The molecular formula is C19H21N7O2. The highest BCUT2D eigenvalue weighted by molar-refractivity contribution is 5.95. The molecule has 9 heteroatoms. The monoisotopic (exact) mass is 379 g/mol. The lowest BCUT2D eigenvalue weighted by molar-refractivity contribution is -0.131. The van der Waals surface area contributed by atoms with Crippen LogP contribution in [0.3, 0.4) is 0 Å². The van der Waals surface area contributed by atoms with Gasteiger partial charge in [-0.2, -0.15) is 0 Å². The van der Waals surface area contributed by atoms with E-state index in [-0.39, 0.29) is 24.9 Å². The van der Waals surface area contributed by atoms with Gasteiger partial charge in [0.05, 0.1) is 18.8 Å². The number of anilines is 2. The fourth-order valence-electron chi connectivity index (χ4n) is 2.47. The number of carbonyl (C=O) groups is 2. The van der Waals surface area contributed by atoms with Crippen molar-refractivity contribution in [3.8, 4) is 5.69 Å². The van der Waals surface area contributed by atoms with E-state index in [1.807, 2.05) is 55.5 Å². The summed E-state index contributed by atoms with van der Waals surface area (Å²) in [4.78, 5) is 25.7. The molecule has 0 aliphatic carbocycles. The second-order valence-corrected chi connectivity index (χ2v) is 6.32. The van der Waals surface area contributed by atoms with Crippen LogP contribution in [0.25, 0.3) is 5.69 Å². The second kappa shape index (κ2) is 8.76. The molecule has 0 radical (unpaired) electrons. The first-order valence-corrected chi connectivity index (χ1v) is 8.69. The molecule has 3 rings (SSSR count). The van der Waals surface area contributed by atoms with E-state index < -0.39 is 0 Å². The van der Waals surface area contributed by atoms with E-state index in [9.17, 15) is 9.59 Å². The zero-order valence-corrected chi connectivity index (χ0v) is 15.7. The van der Waals surface area contributed by atoms with Gasteiger partial charge in [-0.3, -0.25) is 9.59 Å². The standard InChI is InChI=1S/C19H21N7O2/c1-14-3-5-16(6-4-14)22-18(27)12-25(2)19(28)11-20-15-7-9-17(10-8-15)26-13-21-23-24-26/h3-10,13,20H,11-12H2,1-2H3,(H,22,27). The fraction of sp³-hybridized carbons (Fsp3) is 0.211. The Bertz CT molecular complexity index is 922. The third-order valence-electron chi connectivity index (χ3n) is 4.07. The largest absolute Gasteiger partial charge is 0.376 e. The van der Waals surface area contributed by atoms with Gasteiger partial charge in [-0.15, -0.1) is 5.10 Å². The van der Waals surface area contributed by atoms with Crippen LogP contribution >= 0.6 is 0 Å². The highest BCUT2D eigenvalue weighted by atomic mass is 16.2. The van der Waals surface area contributed by atoms with Crippen molar-refractivity contribution in [2.45, 2.75) is 6.92 Å². The van der Waals surface area contributed by atoms with Crippen molar-refractivity contribution in [3.05, 3.63) is 60.4 Å². The van der Waals surface area contributed by atoms with E-state index in [0.717, 1.165) is 16.9 Å². The van der Waals surface area contributed by atoms with Crippen molar-refractivity contribution in [2.75, 3.05) is 30.8 Å². The fourth-order valence-corrected chi connectivity index (χ4v) is 2.47. The number of hydrogen-bond donors (Lipinski definition) is 2. The van der Waals surface area contributed by atoms with Crippen LogP contribution in [-0.4, -0.2) is 57.1 Å². The number of nitrogens with one attached hydrogen (secondary N) is 2. The Kier molecular flexibility index (Phi) is 5.95. The second-order valence-electron chi connectivity index (χ2n) is 6.32. The summed E-state index contributed by atoms with van der Waals surface area (Å²) in [7, 11) is 1.60. The molecule has 1 heterocycles. The maximum absolute atomic E-state index is 12.3. The molecule has 1 aromatic heterocycles. The highest BCUT2D eigenvalue weighted by Gasteiger charge is 2.13. The Balaban J connectivity index is 1.46. The van der Waals surface area contributed by atoms with E-state index in [1.54, 1.807) is 7.05 Å². The molecule has 144 valence electrons. The van der Waals surface area contributed by atoms with Gasteiger partial charge in [0.15, 0.2) is 0 Å². The molecule has 0 atom stereocenters. The number of amides is 2. The van der Waals surface area contributed by atoms with E-state index in [1.165, 1.54) is 15.9 Å². The van der Waals surface area contributed by atoms with Crippen LogP contribution in [0.1, 0.15) is 5.56 Å². The van der Waals surface area contributed by atoms with Crippen LogP contribution in [0.15, 0.2) is 54.9 Å². The molecule has 2 N–H and O–H groups in total. The first kappa shape index (κ1) is 19.0. The summed E-state index contributed by atoms with van der Waals surface area (Å²) in [5.74, 6) is -0.436. The van der Waals surface area contributed by atoms with Crippen molar-refractivity contribution in [3.63, 3.8) is 0 Å². The average Bonchev–Trinajstić information content (AvgIpc) is 3.23. The number of carbonyl (C=O) groups excluding carboxylic acids is 2. The molecule has 0 fully saturated rings. The Morgan fingerprint density at radius 2 is 1.71 bits per heavy atom. The molecule has 2 amide bonds. The minimum absolute atomic E-state index is 0.0212. The van der Waals surface area contributed by atoms with Gasteiger partial charge in [0.1, 0.15) is 6.33 Å². The maximum Gasteiger partial charge on any atom is 0.243 e. The number of hydrogen-bond acceptors (Lipinski definition) is 6. The molecule has 0 unspecified atom stereocenters. The summed E-state index contributed by atoms with van der Waals surface area (Å²) in [5.41, 5.74) is 3.41. The summed E-state index contributed by atoms with van der Waals surface area (Å²) in [6.45, 7) is 2.04. The van der Waals surface area contributed by atoms with Gasteiger partial charge in [-0.25, -0.2) is 4.68 Å². The van der Waals surface area contributed by atoms with Gasteiger partial charge in [0.25, 0.3) is 0 Å². The van der Waals surface area contributed by atoms with Gasteiger partial charge in [-0.05, 0) is 53.7 Å². The normalized spacial score (nSPS) is 10.4. The number of likely N-dealkylation sites (N-methyl/N-ethyl adjacent to an activating group) is 1. The summed E-state index contributed by atoms with van der Waals surface area (Å²) in [6.07, 6.45) is 1.50. The molecule has 0 spiro atoms. The average molecular weight is 379 g/mol. The van der Waals surface area contributed by atoms with Crippen molar-refractivity contribution in [1.29, 1.82) is 0 Å². The highest BCUT2D eigenvalue weighted by Crippen LogP contribution is 2.12. The number of tetrazole rings is 1. The van der Waals surface area contributed by atoms with Gasteiger partial charge in [0.2, 0.25) is 11.8 Å². The molecule has 0 saturated heterocycles. The SMILES string of the molecule is Cc1ccc(NC(=O)CN(C)C(=O)CNc2ccc(-n3cnnn3)cc2)cc1. The molecule has 0 aliphatic heterocycles. The summed E-state index contributed by atoms with van der Waals surface area (Å²) >= 11 is 0. The number of nitrogens with zero attached hydrogens (tertiary/aromatic N) is 5. The molecule has 9 nitrogen and oxygen atoms in total. The Hall–Kier alpha value is -3.75. The molecule has 0 bridgehead atoms. The quantitative estimate of drug-likeness (QED) is 0.644. The summed E-state index contributed by atoms with van der Waals surface area (Å²) in [6, 6.07) is 14.8. The lowest BCUT2D eigenvalue weighted by atomic mass is 10.2. The van der Waals surface area contributed by atoms with Crippen LogP contribution in [0, 0.1) is 6.92 Å². The van der Waals surface area contributed by atoms with Crippen LogP contribution in [0.2, 0.25) is 0 Å². The lowest BCUT2D eigenvalue weighted by Gasteiger charge is -2.17. The predicted molar refractivity (Wildman–Crippen MR) is 105 cm³/mol. The minimum atomic E-state index is -0.245. The maximum atomic E-state index is 12.3. The zero-order valence-electron chi connectivity index (χ0n) is 15.7. The van der Waals surface area contributed by atoms with Gasteiger partial charge >= 0.3 is 0 Å². The van der Waals surface area contributed by atoms with Gasteiger partial charge in [0, 0.05) is 18.4 Å². The Labute approximate surface area is 162 Å².